The summed E-state index contributed by atoms with van der Waals surface area (Å²) < 4.78 is 7.55. The molecule has 0 spiro atoms. The molecule has 0 bridgehead atoms. The third-order valence-electron chi connectivity index (χ3n) is 3.76. The lowest BCUT2D eigenvalue weighted by Gasteiger charge is -2.25. The Morgan fingerprint density at radius 2 is 2.18 bits per heavy atom. The number of esters is 1. The second-order valence-corrected chi connectivity index (χ2v) is 7.08. The van der Waals surface area contributed by atoms with E-state index in [-0.39, 0.29) is 5.97 Å². The van der Waals surface area contributed by atoms with Gasteiger partial charge < -0.3 is 14.2 Å². The molecule has 1 aliphatic rings. The van der Waals surface area contributed by atoms with E-state index in [1.54, 1.807) is 17.4 Å². The number of carbonyl (C=O) groups excluding carboxylic acids is 1. The fourth-order valence-electron chi connectivity index (χ4n) is 2.65. The molecular weight excluding hydrogens is 366 g/mol. The Morgan fingerprint density at radius 3 is 2.91 bits per heavy atom. The summed E-state index contributed by atoms with van der Waals surface area (Å²) >= 11 is 5.08. The van der Waals surface area contributed by atoms with Crippen molar-refractivity contribution >= 4 is 38.4 Å². The van der Waals surface area contributed by atoms with Crippen molar-refractivity contribution in [3.05, 3.63) is 33.5 Å². The molecule has 0 aromatic carbocycles. The van der Waals surface area contributed by atoms with E-state index in [1.807, 2.05) is 10.8 Å². The molecule has 2 aromatic heterocycles. The van der Waals surface area contributed by atoms with Crippen molar-refractivity contribution in [2.75, 3.05) is 25.1 Å². The van der Waals surface area contributed by atoms with Gasteiger partial charge in [-0.1, -0.05) is 0 Å². The van der Waals surface area contributed by atoms with Gasteiger partial charge in [0.05, 0.1) is 19.3 Å². The van der Waals surface area contributed by atoms with E-state index in [9.17, 15) is 4.79 Å². The predicted octanol–water partition coefficient (Wildman–Crippen LogP) is 3.53. The monoisotopic (exact) mass is 383 g/mol. The van der Waals surface area contributed by atoms with E-state index in [0.29, 0.717) is 12.2 Å². The lowest BCUT2D eigenvalue weighted by molar-refractivity contribution is 0.0589. The van der Waals surface area contributed by atoms with Gasteiger partial charge in [0, 0.05) is 29.1 Å². The molecule has 5 nitrogen and oxygen atoms in total. The SMILES string of the molecule is COC(=O)c1cc(Br)cn1Cc1csc(N2CCCCC2)n1. The Kier molecular flexibility index (Phi) is 4.83. The molecule has 1 fully saturated rings. The highest BCUT2D eigenvalue weighted by molar-refractivity contribution is 9.10. The number of methoxy groups -OCH3 is 1. The lowest BCUT2D eigenvalue weighted by Crippen LogP contribution is -2.29. The third kappa shape index (κ3) is 3.35. The highest BCUT2D eigenvalue weighted by atomic mass is 79.9. The van der Waals surface area contributed by atoms with E-state index in [0.717, 1.165) is 28.4 Å². The number of carbonyl (C=O) groups is 1. The second-order valence-electron chi connectivity index (χ2n) is 5.33. The van der Waals surface area contributed by atoms with Gasteiger partial charge in [0.25, 0.3) is 0 Å². The number of hydrogen-bond donors (Lipinski definition) is 0. The normalized spacial score (nSPS) is 15.1. The third-order valence-corrected chi connectivity index (χ3v) is 5.14. The van der Waals surface area contributed by atoms with Gasteiger partial charge in [0.2, 0.25) is 0 Å². The maximum atomic E-state index is 11.8. The molecule has 0 radical (unpaired) electrons. The van der Waals surface area contributed by atoms with Crippen molar-refractivity contribution in [3.8, 4) is 0 Å². The first-order chi connectivity index (χ1) is 10.7. The van der Waals surface area contributed by atoms with E-state index in [2.05, 4.69) is 26.2 Å². The van der Waals surface area contributed by atoms with Crippen LogP contribution in [0.3, 0.4) is 0 Å². The molecule has 118 valence electrons. The van der Waals surface area contributed by atoms with E-state index >= 15 is 0 Å². The summed E-state index contributed by atoms with van der Waals surface area (Å²) in [6, 6.07) is 1.77. The van der Waals surface area contributed by atoms with Crippen LogP contribution in [0.25, 0.3) is 0 Å². The molecule has 1 saturated heterocycles. The minimum absolute atomic E-state index is 0.336. The molecule has 0 saturated carbocycles. The van der Waals surface area contributed by atoms with Crippen LogP contribution < -0.4 is 4.90 Å². The number of anilines is 1. The van der Waals surface area contributed by atoms with Gasteiger partial charge in [-0.15, -0.1) is 11.3 Å². The first-order valence-electron chi connectivity index (χ1n) is 7.30. The zero-order valence-corrected chi connectivity index (χ0v) is 14.8. The average Bonchev–Trinajstić information content (AvgIpc) is 3.14. The summed E-state index contributed by atoms with van der Waals surface area (Å²) in [7, 11) is 1.39. The molecule has 0 aliphatic carbocycles. The van der Waals surface area contributed by atoms with Crippen LogP contribution in [0.2, 0.25) is 0 Å². The molecule has 3 rings (SSSR count). The summed E-state index contributed by atoms with van der Waals surface area (Å²) in [5.74, 6) is -0.336. The largest absolute Gasteiger partial charge is 0.464 e. The number of rotatable bonds is 4. The number of nitrogens with zero attached hydrogens (tertiary/aromatic N) is 3. The van der Waals surface area contributed by atoms with Crippen LogP contribution in [-0.4, -0.2) is 35.7 Å². The fourth-order valence-corrected chi connectivity index (χ4v) is 3.99. The van der Waals surface area contributed by atoms with Gasteiger partial charge in [-0.05, 0) is 41.3 Å². The Bertz CT molecular complexity index is 662. The smallest absolute Gasteiger partial charge is 0.354 e. The van der Waals surface area contributed by atoms with E-state index in [1.165, 1.54) is 26.4 Å². The molecule has 3 heterocycles. The van der Waals surface area contributed by atoms with Crippen LogP contribution in [0.5, 0.6) is 0 Å². The first kappa shape index (κ1) is 15.6. The van der Waals surface area contributed by atoms with Crippen molar-refractivity contribution in [2.24, 2.45) is 0 Å². The van der Waals surface area contributed by atoms with Crippen molar-refractivity contribution in [1.82, 2.24) is 9.55 Å². The summed E-state index contributed by atoms with van der Waals surface area (Å²) in [4.78, 5) is 18.9. The first-order valence-corrected chi connectivity index (χ1v) is 8.98. The Balaban J connectivity index is 1.76. The van der Waals surface area contributed by atoms with Crippen molar-refractivity contribution < 1.29 is 9.53 Å². The fraction of sp³-hybridized carbons (Fsp3) is 0.467. The molecule has 2 aromatic rings. The van der Waals surface area contributed by atoms with Crippen LogP contribution >= 0.6 is 27.3 Å². The van der Waals surface area contributed by atoms with Gasteiger partial charge in [-0.3, -0.25) is 0 Å². The van der Waals surface area contributed by atoms with Crippen LogP contribution in [0, 0.1) is 0 Å². The molecule has 7 heteroatoms. The highest BCUT2D eigenvalue weighted by Gasteiger charge is 2.17. The van der Waals surface area contributed by atoms with Crippen LogP contribution in [-0.2, 0) is 11.3 Å². The maximum Gasteiger partial charge on any atom is 0.354 e. The quantitative estimate of drug-likeness (QED) is 0.757. The number of ether oxygens (including phenoxy) is 1. The molecule has 22 heavy (non-hydrogen) atoms. The predicted molar refractivity (Wildman–Crippen MR) is 90.8 cm³/mol. The zero-order chi connectivity index (χ0) is 15.5. The van der Waals surface area contributed by atoms with Crippen LogP contribution in [0.1, 0.15) is 35.4 Å². The lowest BCUT2D eigenvalue weighted by atomic mass is 10.1. The summed E-state index contributed by atoms with van der Waals surface area (Å²) in [5.41, 5.74) is 1.50. The van der Waals surface area contributed by atoms with Crippen molar-refractivity contribution in [1.29, 1.82) is 0 Å². The van der Waals surface area contributed by atoms with Gasteiger partial charge in [0.1, 0.15) is 5.69 Å². The molecule has 0 atom stereocenters. The topological polar surface area (TPSA) is 47.4 Å². The van der Waals surface area contributed by atoms with Gasteiger partial charge in [-0.25, -0.2) is 9.78 Å². The molecule has 0 amide bonds. The second kappa shape index (κ2) is 6.83. The van der Waals surface area contributed by atoms with Crippen LogP contribution in [0.4, 0.5) is 5.13 Å². The van der Waals surface area contributed by atoms with Gasteiger partial charge >= 0.3 is 5.97 Å². The van der Waals surface area contributed by atoms with Crippen molar-refractivity contribution in [2.45, 2.75) is 25.8 Å². The number of thiazole rings is 1. The summed E-state index contributed by atoms with van der Waals surface area (Å²) in [6.07, 6.45) is 5.68. The molecule has 0 unspecified atom stereocenters. The molecule has 0 N–H and O–H groups in total. The Labute approximate surface area is 142 Å². The molecular formula is C15H18BrN3O2S. The Hall–Kier alpha value is -1.34. The molecule has 1 aliphatic heterocycles. The minimum atomic E-state index is -0.336. The Morgan fingerprint density at radius 1 is 1.41 bits per heavy atom. The minimum Gasteiger partial charge on any atom is -0.464 e. The summed E-state index contributed by atoms with van der Waals surface area (Å²) in [5, 5.41) is 3.15. The maximum absolute atomic E-state index is 11.8. The number of piperidine rings is 1. The number of hydrogen-bond acceptors (Lipinski definition) is 5. The number of aromatic nitrogens is 2. The van der Waals surface area contributed by atoms with Gasteiger partial charge in [-0.2, -0.15) is 0 Å². The van der Waals surface area contributed by atoms with E-state index in [4.69, 9.17) is 9.72 Å². The average molecular weight is 384 g/mol. The highest BCUT2D eigenvalue weighted by Crippen LogP contribution is 2.25. The standard InChI is InChI=1S/C15H18BrN3O2S/c1-21-14(20)13-7-11(16)8-19(13)9-12-10-22-15(17-12)18-5-3-2-4-6-18/h7-8,10H,2-6,9H2,1H3. The van der Waals surface area contributed by atoms with Crippen LogP contribution in [0.15, 0.2) is 22.1 Å². The number of halogens is 1. The summed E-state index contributed by atoms with van der Waals surface area (Å²) in [6.45, 7) is 2.76. The van der Waals surface area contributed by atoms with E-state index < -0.39 is 0 Å². The van der Waals surface area contributed by atoms with Crippen molar-refractivity contribution in [3.63, 3.8) is 0 Å². The zero-order valence-electron chi connectivity index (χ0n) is 12.4. The van der Waals surface area contributed by atoms with Gasteiger partial charge in [0.15, 0.2) is 5.13 Å².